The van der Waals surface area contributed by atoms with Crippen LogP contribution in [0.3, 0.4) is 0 Å². The van der Waals surface area contributed by atoms with Crippen LogP contribution < -0.4 is 4.89 Å². The molecule has 3 nitrogen and oxygen atoms in total. The molecule has 0 atom stereocenters. The summed E-state index contributed by atoms with van der Waals surface area (Å²) in [5.41, 5.74) is 1.16. The predicted molar refractivity (Wildman–Crippen MR) is 53.8 cm³/mol. The fourth-order valence-electron chi connectivity index (χ4n) is 1.26. The average Bonchev–Trinajstić information content (AvgIpc) is 2.11. The third kappa shape index (κ3) is 2.05. The van der Waals surface area contributed by atoms with E-state index in [1.807, 2.05) is 0 Å². The van der Waals surface area contributed by atoms with Crippen LogP contribution in [0.25, 0.3) is 0 Å². The van der Waals surface area contributed by atoms with Gasteiger partial charge in [0.05, 0.1) is 12.7 Å². The van der Waals surface area contributed by atoms with Crippen LogP contribution in [0.1, 0.15) is 22.8 Å². The molecule has 0 saturated carbocycles. The van der Waals surface area contributed by atoms with Gasteiger partial charge in [0.1, 0.15) is 0 Å². The van der Waals surface area contributed by atoms with Crippen LogP contribution in [0.2, 0.25) is 5.02 Å². The minimum atomic E-state index is -0.1000. The summed E-state index contributed by atoms with van der Waals surface area (Å²) in [6.45, 7) is 3.22. The predicted octanol–water partition coefficient (Wildman–Crippen LogP) is 2.79. The highest BCUT2D eigenvalue weighted by atomic mass is 35.5. The Morgan fingerprint density at radius 2 is 2.07 bits per heavy atom. The van der Waals surface area contributed by atoms with Gasteiger partial charge < -0.3 is 4.89 Å². The highest BCUT2D eigenvalue weighted by Crippen LogP contribution is 2.28. The Hall–Kier alpha value is -1.06. The van der Waals surface area contributed by atoms with Gasteiger partial charge in [0.15, 0.2) is 11.5 Å². The fraction of sp³-hybridized carbons (Fsp3) is 0.300. The quantitative estimate of drug-likeness (QED) is 0.441. The molecule has 0 aromatic heterocycles. The molecule has 0 unspecified atom stereocenters. The lowest BCUT2D eigenvalue weighted by atomic mass is 10.0. The first-order valence-electron chi connectivity index (χ1n) is 4.08. The Balaban J connectivity index is 3.30. The van der Waals surface area contributed by atoms with E-state index < -0.39 is 0 Å². The van der Waals surface area contributed by atoms with Crippen molar-refractivity contribution < 1.29 is 14.6 Å². The Bertz CT molecular complexity index is 361. The first-order chi connectivity index (χ1) is 6.57. The molecule has 1 aromatic rings. The number of benzene rings is 1. The molecular weight excluding hydrogens is 204 g/mol. The van der Waals surface area contributed by atoms with Crippen molar-refractivity contribution in [1.29, 1.82) is 0 Å². The van der Waals surface area contributed by atoms with Gasteiger partial charge in [-0.2, -0.15) is 4.89 Å². The van der Waals surface area contributed by atoms with Crippen molar-refractivity contribution >= 4 is 17.4 Å². The summed E-state index contributed by atoms with van der Waals surface area (Å²) >= 11 is 5.88. The minimum Gasteiger partial charge on any atom is -0.337 e. The van der Waals surface area contributed by atoms with Gasteiger partial charge in [-0.1, -0.05) is 11.6 Å². The molecule has 0 amide bonds. The first-order valence-corrected chi connectivity index (χ1v) is 4.46. The molecule has 0 N–H and O–H groups in total. The van der Waals surface area contributed by atoms with Crippen molar-refractivity contribution in [2.45, 2.75) is 13.8 Å². The fourth-order valence-corrected chi connectivity index (χ4v) is 1.42. The number of carbonyl (C=O) groups is 1. The van der Waals surface area contributed by atoms with Gasteiger partial charge in [0, 0.05) is 5.02 Å². The SMILES string of the molecule is COOc1ccc(Cl)c(C)c1C(C)=O. The maximum absolute atomic E-state index is 11.3. The monoisotopic (exact) mass is 214 g/mol. The molecule has 0 aliphatic heterocycles. The zero-order valence-corrected chi connectivity index (χ0v) is 9.01. The number of hydrogen-bond donors (Lipinski definition) is 0. The topological polar surface area (TPSA) is 35.5 Å². The summed E-state index contributed by atoms with van der Waals surface area (Å²) in [5, 5.41) is 0.540. The van der Waals surface area contributed by atoms with Crippen LogP contribution in [0.5, 0.6) is 5.75 Å². The van der Waals surface area contributed by atoms with E-state index in [1.54, 1.807) is 19.1 Å². The summed E-state index contributed by atoms with van der Waals surface area (Å²) in [6, 6.07) is 3.27. The molecule has 0 radical (unpaired) electrons. The normalized spacial score (nSPS) is 10.0. The molecule has 0 fully saturated rings. The van der Waals surface area contributed by atoms with Crippen LogP contribution in [0.4, 0.5) is 0 Å². The van der Waals surface area contributed by atoms with Crippen molar-refractivity contribution in [3.63, 3.8) is 0 Å². The van der Waals surface area contributed by atoms with E-state index in [4.69, 9.17) is 16.5 Å². The summed E-state index contributed by atoms with van der Waals surface area (Å²) in [5.74, 6) is 0.291. The van der Waals surface area contributed by atoms with Crippen molar-refractivity contribution in [3.05, 3.63) is 28.3 Å². The van der Waals surface area contributed by atoms with Crippen molar-refractivity contribution in [2.24, 2.45) is 0 Å². The highest BCUT2D eigenvalue weighted by Gasteiger charge is 2.14. The highest BCUT2D eigenvalue weighted by molar-refractivity contribution is 6.32. The second-order valence-corrected chi connectivity index (χ2v) is 3.26. The van der Waals surface area contributed by atoms with E-state index in [0.29, 0.717) is 21.9 Å². The van der Waals surface area contributed by atoms with E-state index in [2.05, 4.69) is 4.89 Å². The van der Waals surface area contributed by atoms with Crippen LogP contribution in [0.15, 0.2) is 12.1 Å². The summed E-state index contributed by atoms with van der Waals surface area (Å²) in [4.78, 5) is 20.7. The van der Waals surface area contributed by atoms with Crippen LogP contribution in [-0.2, 0) is 4.89 Å². The molecular formula is C10H11ClO3. The largest absolute Gasteiger partial charge is 0.337 e. The number of ketones is 1. The summed E-state index contributed by atoms with van der Waals surface area (Å²) < 4.78 is 0. The molecule has 0 heterocycles. The number of Topliss-reactive ketones (excluding diaryl/α,β-unsaturated/α-hetero) is 1. The van der Waals surface area contributed by atoms with E-state index in [-0.39, 0.29) is 5.78 Å². The molecule has 0 aliphatic carbocycles. The molecule has 0 saturated heterocycles. The molecule has 0 aliphatic rings. The third-order valence-corrected chi connectivity index (χ3v) is 2.30. The van der Waals surface area contributed by atoms with E-state index in [1.165, 1.54) is 14.0 Å². The molecule has 0 spiro atoms. The Kier molecular flexibility index (Phi) is 3.49. The Morgan fingerprint density at radius 1 is 1.43 bits per heavy atom. The van der Waals surface area contributed by atoms with Crippen molar-refractivity contribution in [2.75, 3.05) is 7.11 Å². The zero-order chi connectivity index (χ0) is 10.7. The first kappa shape index (κ1) is 11.0. The lowest BCUT2D eigenvalue weighted by molar-refractivity contribution is -0.178. The van der Waals surface area contributed by atoms with Gasteiger partial charge in [-0.05, 0) is 31.5 Å². The molecule has 0 bridgehead atoms. The summed E-state index contributed by atoms with van der Waals surface area (Å²) in [7, 11) is 1.38. The average molecular weight is 215 g/mol. The standard InChI is InChI=1S/C10H11ClO3/c1-6-8(11)4-5-9(14-13-3)10(6)7(2)12/h4-5H,1-3H3. The van der Waals surface area contributed by atoms with Gasteiger partial charge >= 0.3 is 0 Å². The third-order valence-electron chi connectivity index (χ3n) is 1.89. The Labute approximate surface area is 87.5 Å². The number of halogens is 1. The van der Waals surface area contributed by atoms with E-state index >= 15 is 0 Å². The zero-order valence-electron chi connectivity index (χ0n) is 8.26. The molecule has 14 heavy (non-hydrogen) atoms. The lowest BCUT2D eigenvalue weighted by Crippen LogP contribution is -2.03. The smallest absolute Gasteiger partial charge is 0.176 e. The molecule has 76 valence electrons. The van der Waals surface area contributed by atoms with Gasteiger partial charge in [0.2, 0.25) is 0 Å². The molecule has 1 rings (SSSR count). The van der Waals surface area contributed by atoms with Crippen LogP contribution in [0, 0.1) is 6.92 Å². The Morgan fingerprint density at radius 3 is 2.57 bits per heavy atom. The van der Waals surface area contributed by atoms with Crippen molar-refractivity contribution in [3.8, 4) is 5.75 Å². The second-order valence-electron chi connectivity index (χ2n) is 2.85. The minimum absolute atomic E-state index is 0.1000. The maximum Gasteiger partial charge on any atom is 0.176 e. The van der Waals surface area contributed by atoms with Crippen LogP contribution in [-0.4, -0.2) is 12.9 Å². The molecule has 4 heteroatoms. The maximum atomic E-state index is 11.3. The van der Waals surface area contributed by atoms with Gasteiger partial charge in [-0.3, -0.25) is 4.79 Å². The number of rotatable bonds is 3. The van der Waals surface area contributed by atoms with E-state index in [0.717, 1.165) is 0 Å². The molecule has 1 aromatic carbocycles. The van der Waals surface area contributed by atoms with Gasteiger partial charge in [-0.25, -0.2) is 0 Å². The lowest BCUT2D eigenvalue weighted by Gasteiger charge is -2.09. The summed E-state index contributed by atoms with van der Waals surface area (Å²) in [6.07, 6.45) is 0. The number of carbonyl (C=O) groups excluding carboxylic acids is 1. The van der Waals surface area contributed by atoms with Crippen molar-refractivity contribution in [1.82, 2.24) is 0 Å². The second kappa shape index (κ2) is 4.44. The van der Waals surface area contributed by atoms with E-state index in [9.17, 15) is 4.79 Å². The van der Waals surface area contributed by atoms with Gasteiger partial charge in [-0.15, -0.1) is 0 Å². The number of hydrogen-bond acceptors (Lipinski definition) is 3. The van der Waals surface area contributed by atoms with Crippen LogP contribution >= 0.6 is 11.6 Å². The van der Waals surface area contributed by atoms with Gasteiger partial charge in [0.25, 0.3) is 0 Å².